The second-order valence-corrected chi connectivity index (χ2v) is 6.35. The molecule has 0 bridgehead atoms. The molecule has 1 saturated heterocycles. The Kier molecular flexibility index (Phi) is 5.85. The number of nitrogen functional groups attached to an aromatic ring is 1. The van der Waals surface area contributed by atoms with E-state index in [1.807, 2.05) is 25.1 Å². The fourth-order valence-corrected chi connectivity index (χ4v) is 3.16. The maximum Gasteiger partial charge on any atom is 0.123 e. The number of ether oxygens (including phenoxy) is 1. The molecule has 24 heavy (non-hydrogen) atoms. The lowest BCUT2D eigenvalue weighted by Crippen LogP contribution is -2.28. The van der Waals surface area contributed by atoms with Crippen molar-refractivity contribution in [2.75, 3.05) is 32.0 Å². The van der Waals surface area contributed by atoms with Crippen LogP contribution in [0.1, 0.15) is 17.0 Å². The van der Waals surface area contributed by atoms with Crippen molar-refractivity contribution in [3.63, 3.8) is 0 Å². The molecule has 3 heterocycles. The molecular weight excluding hydrogens is 304 g/mol. The third-order valence-electron chi connectivity index (χ3n) is 4.28. The summed E-state index contributed by atoms with van der Waals surface area (Å²) in [6.07, 6.45) is 2.80. The molecule has 6 heteroatoms. The maximum atomic E-state index is 6.05. The van der Waals surface area contributed by atoms with Crippen LogP contribution in [0.4, 0.5) is 5.82 Å². The quantitative estimate of drug-likeness (QED) is 0.636. The number of aromatic nitrogens is 1. The van der Waals surface area contributed by atoms with Gasteiger partial charge in [-0.05, 0) is 43.2 Å². The summed E-state index contributed by atoms with van der Waals surface area (Å²) < 4.78 is 11.3. The highest BCUT2D eigenvalue weighted by Crippen LogP contribution is 2.19. The van der Waals surface area contributed by atoms with E-state index in [4.69, 9.17) is 14.9 Å². The first-order valence-corrected chi connectivity index (χ1v) is 8.49. The van der Waals surface area contributed by atoms with Gasteiger partial charge in [-0.1, -0.05) is 0 Å². The summed E-state index contributed by atoms with van der Waals surface area (Å²) in [5, 5.41) is 6.74. The van der Waals surface area contributed by atoms with Crippen molar-refractivity contribution >= 4 is 5.82 Å². The first kappa shape index (κ1) is 17.0. The fraction of sp³-hybridized carbons (Fsp3) is 0.500. The molecule has 0 saturated carbocycles. The molecule has 0 amide bonds. The van der Waals surface area contributed by atoms with Crippen LogP contribution in [-0.4, -0.2) is 37.3 Å². The summed E-state index contributed by atoms with van der Waals surface area (Å²) in [5.74, 6) is 1.97. The third-order valence-corrected chi connectivity index (χ3v) is 4.28. The lowest BCUT2D eigenvalue weighted by atomic mass is 9.99. The monoisotopic (exact) mass is 330 g/mol. The number of anilines is 1. The number of pyridine rings is 1. The van der Waals surface area contributed by atoms with E-state index in [9.17, 15) is 0 Å². The van der Waals surface area contributed by atoms with Crippen LogP contribution in [0, 0.1) is 12.8 Å². The van der Waals surface area contributed by atoms with Gasteiger partial charge in [0.25, 0.3) is 0 Å². The number of hydrogen-bond donors (Lipinski definition) is 3. The first-order chi connectivity index (χ1) is 11.7. The number of nitrogens with zero attached hydrogens (tertiary/aromatic N) is 1. The zero-order chi connectivity index (χ0) is 16.8. The van der Waals surface area contributed by atoms with E-state index in [0.29, 0.717) is 18.3 Å². The predicted octanol–water partition coefficient (Wildman–Crippen LogP) is 1.50. The topological polar surface area (TPSA) is 85.3 Å². The molecule has 0 aliphatic carbocycles. The van der Waals surface area contributed by atoms with Crippen molar-refractivity contribution in [1.82, 2.24) is 15.6 Å². The van der Waals surface area contributed by atoms with Gasteiger partial charge in [-0.15, -0.1) is 0 Å². The van der Waals surface area contributed by atoms with E-state index in [0.717, 1.165) is 49.6 Å². The molecule has 2 aromatic rings. The van der Waals surface area contributed by atoms with Crippen LogP contribution in [0.15, 0.2) is 34.9 Å². The Labute approximate surface area is 142 Å². The third kappa shape index (κ3) is 4.80. The lowest BCUT2D eigenvalue weighted by molar-refractivity contribution is 0.0393. The molecule has 130 valence electrons. The zero-order valence-electron chi connectivity index (χ0n) is 14.1. The molecule has 0 unspecified atom stereocenters. The van der Waals surface area contributed by atoms with Crippen LogP contribution in [0.2, 0.25) is 0 Å². The fourth-order valence-electron chi connectivity index (χ4n) is 3.16. The maximum absolute atomic E-state index is 6.05. The average molecular weight is 330 g/mol. The summed E-state index contributed by atoms with van der Waals surface area (Å²) in [4.78, 5) is 4.44. The van der Waals surface area contributed by atoms with Crippen molar-refractivity contribution in [3.05, 3.63) is 47.5 Å². The predicted molar refractivity (Wildman–Crippen MR) is 93.6 cm³/mol. The number of nitrogens with two attached hydrogens (primary N) is 1. The number of furan rings is 1. The normalized spacial score (nSPS) is 20.5. The summed E-state index contributed by atoms with van der Waals surface area (Å²) in [6, 6.07) is 7.87. The van der Waals surface area contributed by atoms with E-state index in [1.165, 1.54) is 0 Å². The average Bonchev–Trinajstić information content (AvgIpc) is 3.18. The molecule has 1 aliphatic rings. The van der Waals surface area contributed by atoms with Gasteiger partial charge in [-0.2, -0.15) is 0 Å². The van der Waals surface area contributed by atoms with E-state index in [1.54, 1.807) is 6.26 Å². The lowest BCUT2D eigenvalue weighted by Gasteiger charge is -2.19. The minimum Gasteiger partial charge on any atom is -0.468 e. The van der Waals surface area contributed by atoms with Gasteiger partial charge in [0.1, 0.15) is 11.6 Å². The number of hydrogen-bond acceptors (Lipinski definition) is 6. The van der Waals surface area contributed by atoms with Gasteiger partial charge >= 0.3 is 0 Å². The summed E-state index contributed by atoms with van der Waals surface area (Å²) in [6.45, 7) is 6.12. The highest BCUT2D eigenvalue weighted by molar-refractivity contribution is 5.34. The van der Waals surface area contributed by atoms with E-state index in [-0.39, 0.29) is 6.10 Å². The second-order valence-electron chi connectivity index (χ2n) is 6.35. The molecule has 4 N–H and O–H groups in total. The number of nitrogens with one attached hydrogen (secondary N) is 2. The highest BCUT2D eigenvalue weighted by atomic mass is 16.5. The van der Waals surface area contributed by atoms with Crippen LogP contribution < -0.4 is 16.4 Å². The second kappa shape index (κ2) is 8.28. The van der Waals surface area contributed by atoms with Gasteiger partial charge in [0, 0.05) is 31.2 Å². The Hall–Kier alpha value is -1.89. The van der Waals surface area contributed by atoms with Gasteiger partial charge in [0.2, 0.25) is 0 Å². The van der Waals surface area contributed by atoms with Crippen molar-refractivity contribution in [3.8, 4) is 0 Å². The Balaban J connectivity index is 1.41. The highest BCUT2D eigenvalue weighted by Gasteiger charge is 2.28. The molecular formula is C18H26N4O2. The molecule has 0 aromatic carbocycles. The Morgan fingerprint density at radius 1 is 1.42 bits per heavy atom. The minimum absolute atomic E-state index is 0.221. The standard InChI is InChI=1S/C18H26N4O2/c1-13-7-15(22-18(19)8-13)9-14-10-21-12-17(14)24-6-4-20-11-16-3-2-5-23-16/h2-3,5,7-8,14,17,20-21H,4,6,9-12H2,1H3,(H2,19,22)/t14-,17+/m0/s1. The van der Waals surface area contributed by atoms with Gasteiger partial charge in [0.05, 0.1) is 25.5 Å². The van der Waals surface area contributed by atoms with Crippen LogP contribution >= 0.6 is 0 Å². The summed E-state index contributed by atoms with van der Waals surface area (Å²) in [5.41, 5.74) is 8.05. The largest absolute Gasteiger partial charge is 0.468 e. The van der Waals surface area contributed by atoms with Crippen LogP contribution in [0.5, 0.6) is 0 Å². The van der Waals surface area contributed by atoms with E-state index in [2.05, 4.69) is 21.7 Å². The van der Waals surface area contributed by atoms with Crippen LogP contribution in [-0.2, 0) is 17.7 Å². The van der Waals surface area contributed by atoms with Crippen molar-refractivity contribution in [2.24, 2.45) is 5.92 Å². The zero-order valence-corrected chi connectivity index (χ0v) is 14.1. The van der Waals surface area contributed by atoms with Crippen molar-refractivity contribution in [2.45, 2.75) is 26.0 Å². The molecule has 1 fully saturated rings. The van der Waals surface area contributed by atoms with E-state index < -0.39 is 0 Å². The minimum atomic E-state index is 0.221. The molecule has 3 rings (SSSR count). The van der Waals surface area contributed by atoms with Crippen molar-refractivity contribution in [1.29, 1.82) is 0 Å². The SMILES string of the molecule is Cc1cc(N)nc(C[C@H]2CNC[C@H]2OCCNCc2ccco2)c1. The Bertz CT molecular complexity index is 610. The molecule has 2 atom stereocenters. The Morgan fingerprint density at radius 2 is 2.33 bits per heavy atom. The molecule has 0 spiro atoms. The van der Waals surface area contributed by atoms with E-state index >= 15 is 0 Å². The van der Waals surface area contributed by atoms with Crippen molar-refractivity contribution < 1.29 is 9.15 Å². The molecule has 1 aliphatic heterocycles. The van der Waals surface area contributed by atoms with Gasteiger partial charge in [-0.3, -0.25) is 0 Å². The van der Waals surface area contributed by atoms with Gasteiger partial charge in [-0.25, -0.2) is 4.98 Å². The Morgan fingerprint density at radius 3 is 3.12 bits per heavy atom. The summed E-state index contributed by atoms with van der Waals surface area (Å²) in [7, 11) is 0. The molecule has 0 radical (unpaired) electrons. The van der Waals surface area contributed by atoms with Gasteiger partial charge < -0.3 is 25.5 Å². The first-order valence-electron chi connectivity index (χ1n) is 8.49. The van der Waals surface area contributed by atoms with Crippen LogP contribution in [0.3, 0.4) is 0 Å². The smallest absolute Gasteiger partial charge is 0.123 e. The number of rotatable bonds is 8. The van der Waals surface area contributed by atoms with Crippen LogP contribution in [0.25, 0.3) is 0 Å². The van der Waals surface area contributed by atoms with Gasteiger partial charge in [0.15, 0.2) is 0 Å². The summed E-state index contributed by atoms with van der Waals surface area (Å²) >= 11 is 0. The molecule has 2 aromatic heterocycles. The molecule has 6 nitrogen and oxygen atoms in total. The number of aryl methyl sites for hydroxylation is 1.